The van der Waals surface area contributed by atoms with Crippen LogP contribution in [-0.2, 0) is 19.5 Å². The summed E-state index contributed by atoms with van der Waals surface area (Å²) in [4.78, 5) is 13.2. The van der Waals surface area contributed by atoms with Crippen molar-refractivity contribution in [1.82, 2.24) is 15.0 Å². The molecule has 24 heavy (non-hydrogen) atoms. The van der Waals surface area contributed by atoms with E-state index in [2.05, 4.69) is 36.3 Å². The van der Waals surface area contributed by atoms with Crippen LogP contribution in [0.3, 0.4) is 0 Å². The summed E-state index contributed by atoms with van der Waals surface area (Å²) < 4.78 is 12.1. The fourth-order valence-electron chi connectivity index (χ4n) is 2.44. The van der Waals surface area contributed by atoms with E-state index in [4.69, 9.17) is 8.92 Å². The van der Waals surface area contributed by atoms with Crippen molar-refractivity contribution in [2.45, 2.75) is 37.0 Å². The Morgan fingerprint density at radius 2 is 1.96 bits per heavy atom. The number of rotatable bonds is 8. The number of methoxy groups -OCH3 is 1. The first-order valence-electron chi connectivity index (χ1n) is 7.90. The molecule has 132 valence electrons. The standard InChI is InChI=1S/C17H25N3O3S/c1-13(2)10-16(17(21)22-3)20-11-14(18-19-20)12-24(23-4)15-8-6-5-7-9-15/h5-9,11,13,16,24H,10,12H2,1-4H3/t16-/m0/s1. The van der Waals surface area contributed by atoms with Crippen LogP contribution in [0.25, 0.3) is 0 Å². The second-order valence-electron chi connectivity index (χ2n) is 5.91. The minimum atomic E-state index is -0.803. The summed E-state index contributed by atoms with van der Waals surface area (Å²) in [6, 6.07) is 9.63. The van der Waals surface area contributed by atoms with Gasteiger partial charge < -0.3 is 8.92 Å². The van der Waals surface area contributed by atoms with E-state index >= 15 is 0 Å². The first-order valence-corrected chi connectivity index (χ1v) is 9.34. The van der Waals surface area contributed by atoms with Gasteiger partial charge in [-0.2, -0.15) is 0 Å². The lowest BCUT2D eigenvalue weighted by molar-refractivity contribution is -0.145. The Balaban J connectivity index is 2.14. The third-order valence-electron chi connectivity index (χ3n) is 3.62. The van der Waals surface area contributed by atoms with E-state index in [0.29, 0.717) is 18.1 Å². The van der Waals surface area contributed by atoms with Crippen LogP contribution < -0.4 is 0 Å². The molecule has 0 saturated carbocycles. The Labute approximate surface area is 145 Å². The Kier molecular flexibility index (Phi) is 6.81. The summed E-state index contributed by atoms with van der Waals surface area (Å²) in [6.07, 6.45) is 2.48. The highest BCUT2D eigenvalue weighted by Gasteiger charge is 2.24. The van der Waals surface area contributed by atoms with Gasteiger partial charge in [0.15, 0.2) is 6.04 Å². The summed E-state index contributed by atoms with van der Waals surface area (Å²) >= 11 is -0.803. The zero-order chi connectivity index (χ0) is 17.5. The molecule has 0 aliphatic rings. The molecule has 1 aromatic carbocycles. The summed E-state index contributed by atoms with van der Waals surface area (Å²) in [6.45, 7) is 4.13. The number of esters is 1. The number of hydrogen-bond acceptors (Lipinski definition) is 5. The Hall–Kier alpha value is -1.86. The van der Waals surface area contributed by atoms with E-state index in [1.54, 1.807) is 11.8 Å². The molecule has 0 bridgehead atoms. The number of benzene rings is 1. The largest absolute Gasteiger partial charge is 0.467 e. The van der Waals surface area contributed by atoms with Gasteiger partial charge >= 0.3 is 5.97 Å². The molecule has 1 aromatic heterocycles. The van der Waals surface area contributed by atoms with Gasteiger partial charge in [-0.05, 0) is 24.5 Å². The van der Waals surface area contributed by atoms with E-state index in [1.165, 1.54) is 7.11 Å². The highest BCUT2D eigenvalue weighted by molar-refractivity contribution is 8.12. The molecule has 6 nitrogen and oxygen atoms in total. The number of carbonyl (C=O) groups excluding carboxylic acids is 1. The van der Waals surface area contributed by atoms with Gasteiger partial charge in [-0.3, -0.25) is 0 Å². The second kappa shape index (κ2) is 8.84. The monoisotopic (exact) mass is 351 g/mol. The highest BCUT2D eigenvalue weighted by atomic mass is 32.2. The average Bonchev–Trinajstić information content (AvgIpc) is 3.05. The normalized spacial score (nSPS) is 14.5. The Morgan fingerprint density at radius 3 is 2.54 bits per heavy atom. The molecular weight excluding hydrogens is 326 g/mol. The quantitative estimate of drug-likeness (QED) is 0.584. The van der Waals surface area contributed by atoms with Crippen molar-refractivity contribution < 1.29 is 13.7 Å². The number of aromatic nitrogens is 3. The molecule has 2 rings (SSSR count). The molecule has 0 N–H and O–H groups in total. The van der Waals surface area contributed by atoms with E-state index < -0.39 is 17.2 Å². The number of hydrogen-bond donors (Lipinski definition) is 1. The number of carbonyl (C=O) groups is 1. The van der Waals surface area contributed by atoms with Crippen LogP contribution in [0, 0.1) is 5.92 Å². The highest BCUT2D eigenvalue weighted by Crippen LogP contribution is 2.39. The van der Waals surface area contributed by atoms with Gasteiger partial charge in [-0.25, -0.2) is 9.48 Å². The third-order valence-corrected chi connectivity index (χ3v) is 5.54. The zero-order valence-corrected chi connectivity index (χ0v) is 15.4. The maximum absolute atomic E-state index is 12.0. The topological polar surface area (TPSA) is 66.2 Å². The van der Waals surface area contributed by atoms with Gasteiger partial charge in [0.05, 0.1) is 19.0 Å². The van der Waals surface area contributed by atoms with Crippen LogP contribution in [0.5, 0.6) is 0 Å². The summed E-state index contributed by atoms with van der Waals surface area (Å²) in [5.74, 6) is 0.713. The molecule has 2 aromatic rings. The van der Waals surface area contributed by atoms with Crippen molar-refractivity contribution in [3.63, 3.8) is 0 Å². The van der Waals surface area contributed by atoms with Gasteiger partial charge in [0.1, 0.15) is 0 Å². The van der Waals surface area contributed by atoms with E-state index in [1.807, 2.05) is 24.4 Å². The molecule has 1 heterocycles. The van der Waals surface area contributed by atoms with Crippen molar-refractivity contribution in [2.75, 3.05) is 14.2 Å². The van der Waals surface area contributed by atoms with Gasteiger partial charge in [0.25, 0.3) is 0 Å². The lowest BCUT2D eigenvalue weighted by Gasteiger charge is -2.18. The van der Waals surface area contributed by atoms with Gasteiger partial charge in [-0.1, -0.05) is 37.3 Å². The lowest BCUT2D eigenvalue weighted by atomic mass is 10.0. The van der Waals surface area contributed by atoms with Crippen molar-refractivity contribution in [2.24, 2.45) is 5.92 Å². The predicted molar refractivity (Wildman–Crippen MR) is 94.9 cm³/mol. The van der Waals surface area contributed by atoms with Crippen molar-refractivity contribution in [3.8, 4) is 0 Å². The number of nitrogens with zero attached hydrogens (tertiary/aromatic N) is 3. The minimum absolute atomic E-state index is 0.294. The minimum Gasteiger partial charge on any atom is -0.467 e. The van der Waals surface area contributed by atoms with Crippen LogP contribution in [0.4, 0.5) is 0 Å². The summed E-state index contributed by atoms with van der Waals surface area (Å²) in [5.41, 5.74) is 0.810. The van der Waals surface area contributed by atoms with Crippen LogP contribution in [0.15, 0.2) is 41.4 Å². The first-order chi connectivity index (χ1) is 11.5. The summed E-state index contributed by atoms with van der Waals surface area (Å²) in [5, 5.41) is 8.36. The molecule has 0 aliphatic heterocycles. The van der Waals surface area contributed by atoms with Gasteiger partial charge in [-0.15, -0.1) is 16.3 Å². The van der Waals surface area contributed by atoms with Crippen molar-refractivity contribution in [1.29, 1.82) is 0 Å². The molecule has 1 unspecified atom stereocenters. The van der Waals surface area contributed by atoms with Crippen LogP contribution in [-0.4, -0.2) is 35.2 Å². The fraction of sp³-hybridized carbons (Fsp3) is 0.471. The average molecular weight is 351 g/mol. The SMILES string of the molecule is COC(=O)[C@H](CC(C)C)n1cc(C[SH](OC)c2ccccc2)nn1. The van der Waals surface area contributed by atoms with Crippen LogP contribution in [0.2, 0.25) is 0 Å². The molecule has 0 spiro atoms. The van der Waals surface area contributed by atoms with Crippen molar-refractivity contribution >= 4 is 17.1 Å². The Morgan fingerprint density at radius 1 is 1.25 bits per heavy atom. The van der Waals surface area contributed by atoms with Crippen LogP contribution >= 0.6 is 11.2 Å². The molecular formula is C17H25N3O3S. The molecule has 7 heteroatoms. The fourth-order valence-corrected chi connectivity index (χ4v) is 3.90. The molecule has 0 radical (unpaired) electrons. The molecule has 0 aliphatic carbocycles. The smallest absolute Gasteiger partial charge is 0.330 e. The van der Waals surface area contributed by atoms with Gasteiger partial charge in [0, 0.05) is 17.8 Å². The van der Waals surface area contributed by atoms with E-state index in [0.717, 1.165) is 10.6 Å². The number of thiol groups is 1. The molecule has 0 saturated heterocycles. The van der Waals surface area contributed by atoms with Gasteiger partial charge in [0.2, 0.25) is 0 Å². The molecule has 2 atom stereocenters. The third kappa shape index (κ3) is 4.82. The predicted octanol–water partition coefficient (Wildman–Crippen LogP) is 3.16. The van der Waals surface area contributed by atoms with Crippen molar-refractivity contribution in [3.05, 3.63) is 42.2 Å². The number of ether oxygens (including phenoxy) is 1. The van der Waals surface area contributed by atoms with E-state index in [9.17, 15) is 4.79 Å². The van der Waals surface area contributed by atoms with Crippen LogP contribution in [0.1, 0.15) is 32.0 Å². The first kappa shape index (κ1) is 18.5. The maximum Gasteiger partial charge on any atom is 0.330 e. The Bertz CT molecular complexity index is 646. The maximum atomic E-state index is 12.0. The zero-order valence-electron chi connectivity index (χ0n) is 14.5. The molecule has 0 amide bonds. The second-order valence-corrected chi connectivity index (χ2v) is 7.87. The lowest BCUT2D eigenvalue weighted by Crippen LogP contribution is -2.23. The van der Waals surface area contributed by atoms with E-state index in [-0.39, 0.29) is 5.97 Å². The molecule has 0 fully saturated rings. The summed E-state index contributed by atoms with van der Waals surface area (Å²) in [7, 11) is 3.10.